The maximum absolute atomic E-state index is 9.39. The second-order valence-corrected chi connectivity index (χ2v) is 5.50. The predicted octanol–water partition coefficient (Wildman–Crippen LogP) is 3.21. The van der Waals surface area contributed by atoms with E-state index in [-0.39, 0.29) is 6.61 Å². The van der Waals surface area contributed by atoms with Gasteiger partial charge >= 0.3 is 0 Å². The minimum Gasteiger partial charge on any atom is -0.396 e. The highest BCUT2D eigenvalue weighted by atomic mass is 16.5. The summed E-state index contributed by atoms with van der Waals surface area (Å²) in [7, 11) is 0. The van der Waals surface area contributed by atoms with Gasteiger partial charge < -0.3 is 9.84 Å². The van der Waals surface area contributed by atoms with Crippen LogP contribution in [0.5, 0.6) is 0 Å². The van der Waals surface area contributed by atoms with E-state index in [0.717, 1.165) is 26.1 Å². The van der Waals surface area contributed by atoms with Crippen LogP contribution in [0.15, 0.2) is 24.3 Å². The average Bonchev–Trinajstić information content (AvgIpc) is 2.35. The molecule has 0 saturated heterocycles. The van der Waals surface area contributed by atoms with Gasteiger partial charge in [-0.1, -0.05) is 43.7 Å². The van der Waals surface area contributed by atoms with Gasteiger partial charge in [-0.25, -0.2) is 0 Å². The minimum absolute atomic E-state index is 0.235. The molecule has 0 saturated carbocycles. The van der Waals surface area contributed by atoms with Gasteiger partial charge in [-0.2, -0.15) is 0 Å². The van der Waals surface area contributed by atoms with Crippen LogP contribution >= 0.6 is 0 Å². The lowest BCUT2D eigenvalue weighted by Gasteiger charge is -2.15. The van der Waals surface area contributed by atoms with Crippen molar-refractivity contribution in [3.63, 3.8) is 0 Å². The average molecular weight is 250 g/mol. The maximum atomic E-state index is 9.39. The van der Waals surface area contributed by atoms with Crippen molar-refractivity contribution >= 4 is 0 Å². The summed E-state index contributed by atoms with van der Waals surface area (Å²) in [6, 6.07) is 8.54. The molecule has 0 heterocycles. The highest BCUT2D eigenvalue weighted by Gasteiger charge is 2.08. The van der Waals surface area contributed by atoms with Gasteiger partial charge in [0.25, 0.3) is 0 Å². The van der Waals surface area contributed by atoms with Gasteiger partial charge in [0.05, 0.1) is 0 Å². The largest absolute Gasteiger partial charge is 0.396 e. The number of aliphatic hydroxyl groups is 1. The summed E-state index contributed by atoms with van der Waals surface area (Å²) in [5.74, 6) is 0.884. The van der Waals surface area contributed by atoms with Crippen LogP contribution in [0, 0.1) is 18.8 Å². The molecule has 18 heavy (non-hydrogen) atoms. The third kappa shape index (κ3) is 6.18. The lowest BCUT2D eigenvalue weighted by Crippen LogP contribution is -2.14. The first-order chi connectivity index (χ1) is 8.61. The maximum Gasteiger partial charge on any atom is 0.0488 e. The van der Waals surface area contributed by atoms with Crippen molar-refractivity contribution in [2.45, 2.75) is 33.6 Å². The molecule has 0 bridgehead atoms. The Labute approximate surface area is 111 Å². The van der Waals surface area contributed by atoms with Crippen LogP contribution in [-0.4, -0.2) is 24.9 Å². The Morgan fingerprint density at radius 2 is 1.83 bits per heavy atom. The quantitative estimate of drug-likeness (QED) is 0.718. The van der Waals surface area contributed by atoms with Gasteiger partial charge in [0.15, 0.2) is 0 Å². The summed E-state index contributed by atoms with van der Waals surface area (Å²) < 4.78 is 5.57. The molecule has 1 unspecified atom stereocenters. The number of aliphatic hydroxyl groups excluding tert-OH is 1. The zero-order chi connectivity index (χ0) is 13.4. The van der Waals surface area contributed by atoms with Crippen LogP contribution in [0.2, 0.25) is 0 Å². The van der Waals surface area contributed by atoms with Crippen molar-refractivity contribution in [2.75, 3.05) is 19.8 Å². The van der Waals surface area contributed by atoms with E-state index >= 15 is 0 Å². The zero-order valence-corrected chi connectivity index (χ0v) is 11.9. The predicted molar refractivity (Wildman–Crippen MR) is 75.7 cm³/mol. The van der Waals surface area contributed by atoms with Gasteiger partial charge in [0.2, 0.25) is 0 Å². The van der Waals surface area contributed by atoms with E-state index in [2.05, 4.69) is 45.0 Å². The summed E-state index contributed by atoms with van der Waals surface area (Å²) >= 11 is 0. The van der Waals surface area contributed by atoms with E-state index < -0.39 is 0 Å². The SMILES string of the molecule is Cc1ccc(CC(CO)CCOCC(C)C)cc1. The molecule has 1 aromatic carbocycles. The number of rotatable bonds is 8. The number of ether oxygens (including phenoxy) is 1. The molecule has 102 valence electrons. The van der Waals surface area contributed by atoms with Crippen LogP contribution < -0.4 is 0 Å². The molecule has 0 amide bonds. The Morgan fingerprint density at radius 1 is 1.17 bits per heavy atom. The van der Waals surface area contributed by atoms with Gasteiger partial charge in [-0.3, -0.25) is 0 Å². The first kappa shape index (κ1) is 15.2. The van der Waals surface area contributed by atoms with Gasteiger partial charge in [-0.15, -0.1) is 0 Å². The highest BCUT2D eigenvalue weighted by molar-refractivity contribution is 5.21. The second-order valence-electron chi connectivity index (χ2n) is 5.50. The number of aryl methyl sites for hydroxylation is 1. The van der Waals surface area contributed by atoms with Gasteiger partial charge in [0, 0.05) is 19.8 Å². The Hall–Kier alpha value is -0.860. The van der Waals surface area contributed by atoms with Crippen LogP contribution in [-0.2, 0) is 11.2 Å². The van der Waals surface area contributed by atoms with Crippen LogP contribution in [0.4, 0.5) is 0 Å². The van der Waals surface area contributed by atoms with E-state index in [4.69, 9.17) is 4.74 Å². The van der Waals surface area contributed by atoms with Crippen molar-refractivity contribution in [1.82, 2.24) is 0 Å². The Kier molecular flexibility index (Phi) is 6.99. The fraction of sp³-hybridized carbons (Fsp3) is 0.625. The molecule has 0 aromatic heterocycles. The third-order valence-electron chi connectivity index (χ3n) is 3.02. The molecule has 1 atom stereocenters. The van der Waals surface area contributed by atoms with E-state index in [9.17, 15) is 5.11 Å². The summed E-state index contributed by atoms with van der Waals surface area (Å²) in [6.07, 6.45) is 1.86. The number of hydrogen-bond acceptors (Lipinski definition) is 2. The summed E-state index contributed by atoms with van der Waals surface area (Å²) in [5, 5.41) is 9.39. The molecule has 0 radical (unpaired) electrons. The van der Waals surface area contributed by atoms with Gasteiger partial charge in [0.1, 0.15) is 0 Å². The second kappa shape index (κ2) is 8.28. The van der Waals surface area contributed by atoms with E-state index in [1.54, 1.807) is 0 Å². The molecule has 1 rings (SSSR count). The summed E-state index contributed by atoms with van der Waals surface area (Å²) in [5.41, 5.74) is 2.57. The smallest absolute Gasteiger partial charge is 0.0488 e. The van der Waals surface area contributed by atoms with Crippen molar-refractivity contribution in [3.05, 3.63) is 35.4 Å². The van der Waals surface area contributed by atoms with Crippen molar-refractivity contribution in [3.8, 4) is 0 Å². The topological polar surface area (TPSA) is 29.5 Å². The Bertz CT molecular complexity index is 316. The van der Waals surface area contributed by atoms with E-state index in [0.29, 0.717) is 11.8 Å². The molecule has 0 spiro atoms. The molecule has 0 aliphatic carbocycles. The van der Waals surface area contributed by atoms with Crippen LogP contribution in [0.1, 0.15) is 31.4 Å². The standard InChI is InChI=1S/C16H26O2/c1-13(2)12-18-9-8-16(11-17)10-15-6-4-14(3)5-7-15/h4-7,13,16-17H,8-12H2,1-3H3. The highest BCUT2D eigenvalue weighted by Crippen LogP contribution is 2.13. The van der Waals surface area contributed by atoms with Crippen LogP contribution in [0.25, 0.3) is 0 Å². The fourth-order valence-electron chi connectivity index (χ4n) is 1.88. The molecular formula is C16H26O2. The van der Waals surface area contributed by atoms with Crippen LogP contribution in [0.3, 0.4) is 0 Å². The van der Waals surface area contributed by atoms with Crippen molar-refractivity contribution in [1.29, 1.82) is 0 Å². The lowest BCUT2D eigenvalue weighted by molar-refractivity contribution is 0.0878. The van der Waals surface area contributed by atoms with Crippen molar-refractivity contribution in [2.24, 2.45) is 11.8 Å². The third-order valence-corrected chi connectivity index (χ3v) is 3.02. The normalized spacial score (nSPS) is 12.9. The minimum atomic E-state index is 0.235. The molecule has 0 fully saturated rings. The molecule has 0 aliphatic heterocycles. The Balaban J connectivity index is 2.30. The van der Waals surface area contributed by atoms with Gasteiger partial charge in [-0.05, 0) is 37.2 Å². The van der Waals surface area contributed by atoms with E-state index in [1.165, 1.54) is 11.1 Å². The molecule has 2 heteroatoms. The number of hydrogen-bond donors (Lipinski definition) is 1. The van der Waals surface area contributed by atoms with E-state index in [1.807, 2.05) is 0 Å². The fourth-order valence-corrected chi connectivity index (χ4v) is 1.88. The van der Waals surface area contributed by atoms with Crippen molar-refractivity contribution < 1.29 is 9.84 Å². The first-order valence-electron chi connectivity index (χ1n) is 6.86. The summed E-state index contributed by atoms with van der Waals surface area (Å²) in [6.45, 7) is 8.18. The molecular weight excluding hydrogens is 224 g/mol. The number of benzene rings is 1. The monoisotopic (exact) mass is 250 g/mol. The zero-order valence-electron chi connectivity index (χ0n) is 11.9. The molecule has 2 nitrogen and oxygen atoms in total. The summed E-state index contributed by atoms with van der Waals surface area (Å²) in [4.78, 5) is 0. The molecule has 1 aromatic rings. The Morgan fingerprint density at radius 3 is 2.39 bits per heavy atom. The first-order valence-corrected chi connectivity index (χ1v) is 6.86. The molecule has 1 N–H and O–H groups in total. The lowest BCUT2D eigenvalue weighted by atomic mass is 9.97. The molecule has 0 aliphatic rings.